The average molecular weight is 247 g/mol. The molecule has 1 aliphatic heterocycles. The number of methoxy groups -OCH3 is 1. The Morgan fingerprint density at radius 1 is 1.50 bits per heavy atom. The maximum absolute atomic E-state index is 11.3. The summed E-state index contributed by atoms with van der Waals surface area (Å²) in [5, 5.41) is 3.52. The Morgan fingerprint density at radius 2 is 2.39 bits per heavy atom. The van der Waals surface area contributed by atoms with Crippen molar-refractivity contribution in [3.63, 3.8) is 0 Å². The van der Waals surface area contributed by atoms with E-state index in [1.165, 1.54) is 20.0 Å². The minimum Gasteiger partial charge on any atom is -0.464 e. The highest BCUT2D eigenvalue weighted by molar-refractivity contribution is 5.87. The van der Waals surface area contributed by atoms with Crippen LogP contribution >= 0.6 is 0 Å². The van der Waals surface area contributed by atoms with Crippen LogP contribution in [0.25, 0.3) is 0 Å². The second-order valence-electron chi connectivity index (χ2n) is 4.79. The molecule has 1 saturated carbocycles. The Balaban J connectivity index is 1.78. The Bertz CT molecular complexity index is 446. The zero-order valence-corrected chi connectivity index (χ0v) is 10.4. The normalized spacial score (nSPS) is 26.2. The van der Waals surface area contributed by atoms with Gasteiger partial charge in [0.15, 0.2) is 0 Å². The summed E-state index contributed by atoms with van der Waals surface area (Å²) in [6.07, 6.45) is 4.26. The molecule has 2 atom stereocenters. The number of anilines is 1. The molecule has 2 heterocycles. The van der Waals surface area contributed by atoms with Crippen LogP contribution in [-0.4, -0.2) is 43.2 Å². The molecule has 2 aliphatic rings. The van der Waals surface area contributed by atoms with Crippen LogP contribution in [0.2, 0.25) is 0 Å². The number of piperazine rings is 1. The van der Waals surface area contributed by atoms with Gasteiger partial charge in [0, 0.05) is 25.2 Å². The Kier molecular flexibility index (Phi) is 2.91. The van der Waals surface area contributed by atoms with Crippen molar-refractivity contribution in [3.05, 3.63) is 24.0 Å². The van der Waals surface area contributed by atoms with Crippen molar-refractivity contribution in [3.8, 4) is 0 Å². The third-order valence-electron chi connectivity index (χ3n) is 3.87. The number of pyridine rings is 1. The van der Waals surface area contributed by atoms with Crippen LogP contribution < -0.4 is 10.2 Å². The van der Waals surface area contributed by atoms with Gasteiger partial charge >= 0.3 is 5.97 Å². The molecule has 18 heavy (non-hydrogen) atoms. The number of aromatic nitrogens is 1. The van der Waals surface area contributed by atoms with Gasteiger partial charge in [0.05, 0.1) is 19.0 Å². The molecule has 0 amide bonds. The number of nitrogens with zero attached hydrogens (tertiary/aromatic N) is 2. The van der Waals surface area contributed by atoms with Gasteiger partial charge in [-0.15, -0.1) is 0 Å². The molecule has 3 rings (SSSR count). The van der Waals surface area contributed by atoms with Gasteiger partial charge in [0.25, 0.3) is 0 Å². The number of nitrogens with one attached hydrogen (secondary N) is 1. The highest BCUT2D eigenvalue weighted by atomic mass is 16.5. The smallest absolute Gasteiger partial charge is 0.356 e. The molecular formula is C13H17N3O2. The van der Waals surface area contributed by atoms with Gasteiger partial charge in [-0.2, -0.15) is 0 Å². The molecule has 0 spiro atoms. The summed E-state index contributed by atoms with van der Waals surface area (Å²) in [6.45, 7) is 2.01. The van der Waals surface area contributed by atoms with Crippen LogP contribution in [0.5, 0.6) is 0 Å². The number of hydrogen-bond acceptors (Lipinski definition) is 5. The molecule has 5 nitrogen and oxygen atoms in total. The van der Waals surface area contributed by atoms with E-state index in [0.29, 0.717) is 17.8 Å². The number of esters is 1. The van der Waals surface area contributed by atoms with Gasteiger partial charge < -0.3 is 15.0 Å². The lowest BCUT2D eigenvalue weighted by atomic mass is 9.83. The fourth-order valence-corrected chi connectivity index (χ4v) is 2.73. The fraction of sp³-hybridized carbons (Fsp3) is 0.538. The number of ether oxygens (including phenoxy) is 1. The predicted octanol–water partition coefficient (Wildman–Crippen LogP) is 0.809. The van der Waals surface area contributed by atoms with Gasteiger partial charge in [-0.05, 0) is 25.0 Å². The second-order valence-corrected chi connectivity index (χ2v) is 4.79. The summed E-state index contributed by atoms with van der Waals surface area (Å²) in [6, 6.07) is 4.90. The summed E-state index contributed by atoms with van der Waals surface area (Å²) in [5.74, 6) is -0.386. The van der Waals surface area contributed by atoms with E-state index in [-0.39, 0.29) is 5.97 Å². The summed E-state index contributed by atoms with van der Waals surface area (Å²) in [4.78, 5) is 17.9. The summed E-state index contributed by atoms with van der Waals surface area (Å²) in [7, 11) is 1.37. The Hall–Kier alpha value is -1.62. The van der Waals surface area contributed by atoms with E-state index >= 15 is 0 Å². The Labute approximate surface area is 106 Å². The molecule has 0 radical (unpaired) electrons. The molecule has 1 saturated heterocycles. The van der Waals surface area contributed by atoms with Crippen molar-refractivity contribution in [1.82, 2.24) is 10.3 Å². The molecule has 0 bridgehead atoms. The van der Waals surface area contributed by atoms with Gasteiger partial charge in [0.2, 0.25) is 0 Å². The van der Waals surface area contributed by atoms with Gasteiger partial charge in [-0.25, -0.2) is 9.78 Å². The number of carbonyl (C=O) groups excluding carboxylic acids is 1. The maximum Gasteiger partial charge on any atom is 0.356 e. The van der Waals surface area contributed by atoms with Crippen LogP contribution in [-0.2, 0) is 4.74 Å². The van der Waals surface area contributed by atoms with Crippen LogP contribution in [0.1, 0.15) is 23.3 Å². The lowest BCUT2D eigenvalue weighted by molar-refractivity contribution is 0.0594. The highest BCUT2D eigenvalue weighted by Crippen LogP contribution is 2.31. The molecule has 5 heteroatoms. The first-order valence-electron chi connectivity index (χ1n) is 6.34. The molecule has 1 aromatic rings. The van der Waals surface area contributed by atoms with Crippen molar-refractivity contribution in [2.75, 3.05) is 25.1 Å². The summed E-state index contributed by atoms with van der Waals surface area (Å²) >= 11 is 0. The van der Waals surface area contributed by atoms with E-state index in [1.807, 2.05) is 6.07 Å². The fourth-order valence-electron chi connectivity index (χ4n) is 2.73. The van der Waals surface area contributed by atoms with Crippen molar-refractivity contribution in [2.45, 2.75) is 24.9 Å². The first kappa shape index (κ1) is 11.5. The van der Waals surface area contributed by atoms with Gasteiger partial charge in [-0.3, -0.25) is 0 Å². The van der Waals surface area contributed by atoms with Crippen molar-refractivity contribution in [1.29, 1.82) is 0 Å². The number of carbonyl (C=O) groups is 1. The molecule has 1 aromatic heterocycles. The quantitative estimate of drug-likeness (QED) is 0.784. The topological polar surface area (TPSA) is 54.5 Å². The first-order chi connectivity index (χ1) is 8.79. The molecule has 1 N–H and O–H groups in total. The third kappa shape index (κ3) is 1.84. The van der Waals surface area contributed by atoms with Gasteiger partial charge in [0.1, 0.15) is 5.69 Å². The average Bonchev–Trinajstić information content (AvgIpc) is 2.39. The monoisotopic (exact) mass is 247 g/mol. The van der Waals surface area contributed by atoms with E-state index < -0.39 is 0 Å². The van der Waals surface area contributed by atoms with Crippen molar-refractivity contribution < 1.29 is 9.53 Å². The molecule has 0 aromatic carbocycles. The van der Waals surface area contributed by atoms with E-state index in [4.69, 9.17) is 0 Å². The van der Waals surface area contributed by atoms with E-state index in [1.54, 1.807) is 12.3 Å². The van der Waals surface area contributed by atoms with Crippen LogP contribution in [0.15, 0.2) is 18.3 Å². The Morgan fingerprint density at radius 3 is 3.00 bits per heavy atom. The number of rotatable bonds is 2. The SMILES string of the molecule is COC(=O)c1ccc(N2CCNC3CCC32)cn1. The summed E-state index contributed by atoms with van der Waals surface area (Å²) < 4.78 is 4.65. The molecule has 2 fully saturated rings. The van der Waals surface area contributed by atoms with Crippen LogP contribution in [0, 0.1) is 0 Å². The number of fused-ring (bicyclic) bond motifs is 1. The zero-order chi connectivity index (χ0) is 12.5. The second kappa shape index (κ2) is 4.57. The maximum atomic E-state index is 11.3. The number of hydrogen-bond donors (Lipinski definition) is 1. The zero-order valence-electron chi connectivity index (χ0n) is 10.4. The van der Waals surface area contributed by atoms with E-state index in [9.17, 15) is 4.79 Å². The third-order valence-corrected chi connectivity index (χ3v) is 3.87. The lowest BCUT2D eigenvalue weighted by Crippen LogP contribution is -2.63. The first-order valence-corrected chi connectivity index (χ1v) is 6.34. The lowest BCUT2D eigenvalue weighted by Gasteiger charge is -2.49. The minimum absolute atomic E-state index is 0.363. The van der Waals surface area contributed by atoms with Crippen molar-refractivity contribution >= 4 is 11.7 Å². The van der Waals surface area contributed by atoms with E-state index in [2.05, 4.69) is 19.9 Å². The summed E-state index contributed by atoms with van der Waals surface area (Å²) in [5.41, 5.74) is 1.46. The molecule has 1 aliphatic carbocycles. The molecule has 96 valence electrons. The van der Waals surface area contributed by atoms with E-state index in [0.717, 1.165) is 18.8 Å². The van der Waals surface area contributed by atoms with Crippen LogP contribution in [0.3, 0.4) is 0 Å². The van der Waals surface area contributed by atoms with Crippen molar-refractivity contribution in [2.24, 2.45) is 0 Å². The minimum atomic E-state index is -0.386. The largest absolute Gasteiger partial charge is 0.464 e. The van der Waals surface area contributed by atoms with Crippen LogP contribution in [0.4, 0.5) is 5.69 Å². The molecular weight excluding hydrogens is 230 g/mol. The predicted molar refractivity (Wildman–Crippen MR) is 67.7 cm³/mol. The standard InChI is InChI=1S/C13H17N3O2/c1-18-13(17)11-3-2-9(8-15-11)16-7-6-14-10-4-5-12(10)16/h2-3,8,10,12,14H,4-7H2,1H3. The highest BCUT2D eigenvalue weighted by Gasteiger charge is 2.38. The van der Waals surface area contributed by atoms with Gasteiger partial charge in [-0.1, -0.05) is 0 Å². The molecule has 2 unspecified atom stereocenters.